The first-order valence-electron chi connectivity index (χ1n) is 5.37. The zero-order valence-electron chi connectivity index (χ0n) is 9.88. The van der Waals surface area contributed by atoms with Crippen molar-refractivity contribution in [2.45, 2.75) is 0 Å². The van der Waals surface area contributed by atoms with Crippen molar-refractivity contribution in [3.63, 3.8) is 0 Å². The summed E-state index contributed by atoms with van der Waals surface area (Å²) in [6.45, 7) is 0. The summed E-state index contributed by atoms with van der Waals surface area (Å²) < 4.78 is 5.10. The minimum atomic E-state index is 0.241. The van der Waals surface area contributed by atoms with Gasteiger partial charge in [-0.1, -0.05) is 18.2 Å². The summed E-state index contributed by atoms with van der Waals surface area (Å²) in [5, 5.41) is 3.14. The lowest BCUT2D eigenvalue weighted by atomic mass is 10.1. The third-order valence-electron chi connectivity index (χ3n) is 2.36. The molecule has 0 unspecified atom stereocenters. The molecule has 0 atom stereocenters. The van der Waals surface area contributed by atoms with Gasteiger partial charge in [0, 0.05) is 17.3 Å². The van der Waals surface area contributed by atoms with E-state index in [2.05, 4.69) is 10.3 Å². The van der Waals surface area contributed by atoms with E-state index in [0.717, 1.165) is 16.9 Å². The first kappa shape index (κ1) is 12.3. The van der Waals surface area contributed by atoms with Crippen LogP contribution in [-0.2, 0) is 0 Å². The molecular weight excluding hydrogens is 246 g/mol. The maximum atomic E-state index is 5.44. The van der Waals surface area contributed by atoms with Gasteiger partial charge in [-0.25, -0.2) is 4.98 Å². The zero-order chi connectivity index (χ0) is 13.0. The highest BCUT2D eigenvalue weighted by Gasteiger charge is 2.02. The largest absolute Gasteiger partial charge is 0.481 e. The van der Waals surface area contributed by atoms with Crippen molar-refractivity contribution in [1.29, 1.82) is 0 Å². The van der Waals surface area contributed by atoms with E-state index in [4.69, 9.17) is 22.7 Å². The summed E-state index contributed by atoms with van der Waals surface area (Å²) in [5.41, 5.74) is 8.08. The highest BCUT2D eigenvalue weighted by atomic mass is 32.1. The average Bonchev–Trinajstić information content (AvgIpc) is 2.38. The summed E-state index contributed by atoms with van der Waals surface area (Å²) in [6.07, 6.45) is 0. The third kappa shape index (κ3) is 2.95. The summed E-state index contributed by atoms with van der Waals surface area (Å²) in [7, 11) is 1.59. The van der Waals surface area contributed by atoms with Gasteiger partial charge < -0.3 is 15.8 Å². The fourth-order valence-corrected chi connectivity index (χ4v) is 1.71. The monoisotopic (exact) mass is 259 g/mol. The molecule has 2 aromatic rings. The van der Waals surface area contributed by atoms with Crippen molar-refractivity contribution in [3.05, 3.63) is 42.5 Å². The first-order chi connectivity index (χ1) is 8.69. The number of pyridine rings is 1. The number of hydrogen-bond donors (Lipinski definition) is 2. The fourth-order valence-electron chi connectivity index (χ4n) is 1.59. The van der Waals surface area contributed by atoms with E-state index in [1.807, 2.05) is 36.4 Å². The molecular formula is C13H13N3OS. The van der Waals surface area contributed by atoms with Crippen LogP contribution in [0.15, 0.2) is 42.5 Å². The first-order valence-corrected chi connectivity index (χ1v) is 5.78. The number of rotatable bonds is 3. The lowest BCUT2D eigenvalue weighted by Gasteiger charge is -2.07. The van der Waals surface area contributed by atoms with Gasteiger partial charge in [0.05, 0.1) is 12.8 Å². The molecule has 1 aromatic carbocycles. The number of nitrogens with two attached hydrogens (primary N) is 1. The summed E-state index contributed by atoms with van der Waals surface area (Å²) >= 11 is 4.81. The van der Waals surface area contributed by atoms with Gasteiger partial charge in [-0.3, -0.25) is 0 Å². The Balaban J connectivity index is 2.34. The maximum Gasteiger partial charge on any atom is 0.213 e. The van der Waals surface area contributed by atoms with Crippen LogP contribution < -0.4 is 15.8 Å². The molecule has 1 aromatic heterocycles. The van der Waals surface area contributed by atoms with E-state index >= 15 is 0 Å². The highest BCUT2D eigenvalue weighted by molar-refractivity contribution is 7.80. The van der Waals surface area contributed by atoms with Gasteiger partial charge in [-0.05, 0) is 30.4 Å². The number of benzene rings is 1. The van der Waals surface area contributed by atoms with Crippen molar-refractivity contribution in [1.82, 2.24) is 4.98 Å². The van der Waals surface area contributed by atoms with Crippen molar-refractivity contribution >= 4 is 23.0 Å². The van der Waals surface area contributed by atoms with E-state index in [9.17, 15) is 0 Å². The Morgan fingerprint density at radius 2 is 2.06 bits per heavy atom. The number of hydrogen-bond acceptors (Lipinski definition) is 3. The summed E-state index contributed by atoms with van der Waals surface area (Å²) in [4.78, 5) is 4.37. The smallest absolute Gasteiger partial charge is 0.213 e. The number of aromatic nitrogens is 1. The van der Waals surface area contributed by atoms with E-state index in [1.54, 1.807) is 13.2 Å². The normalized spacial score (nSPS) is 9.83. The van der Waals surface area contributed by atoms with Gasteiger partial charge in [0.1, 0.15) is 0 Å². The van der Waals surface area contributed by atoms with E-state index in [-0.39, 0.29) is 5.11 Å². The molecule has 3 N–H and O–H groups in total. The molecule has 2 rings (SSSR count). The Labute approximate surface area is 111 Å². The molecule has 5 heteroatoms. The van der Waals surface area contributed by atoms with E-state index in [0.29, 0.717) is 5.88 Å². The van der Waals surface area contributed by atoms with Crippen LogP contribution in [0.1, 0.15) is 0 Å². The molecule has 0 amide bonds. The van der Waals surface area contributed by atoms with Gasteiger partial charge in [-0.2, -0.15) is 0 Å². The van der Waals surface area contributed by atoms with Crippen LogP contribution in [0.2, 0.25) is 0 Å². The lowest BCUT2D eigenvalue weighted by Crippen LogP contribution is -2.18. The van der Waals surface area contributed by atoms with Crippen LogP contribution in [0.3, 0.4) is 0 Å². The number of nitrogens with zero attached hydrogens (tertiary/aromatic N) is 1. The standard InChI is InChI=1S/C13H13N3OS/c1-17-12-7-3-6-11(16-12)9-4-2-5-10(8-9)15-13(14)18/h2-8H,1H3,(H3,14,15,18). The topological polar surface area (TPSA) is 60.2 Å². The fraction of sp³-hybridized carbons (Fsp3) is 0.0769. The van der Waals surface area contributed by atoms with Crippen molar-refractivity contribution < 1.29 is 4.74 Å². The Hall–Kier alpha value is -2.14. The minimum absolute atomic E-state index is 0.241. The molecule has 92 valence electrons. The second kappa shape index (κ2) is 5.46. The highest BCUT2D eigenvalue weighted by Crippen LogP contribution is 2.22. The van der Waals surface area contributed by atoms with Gasteiger partial charge in [0.2, 0.25) is 5.88 Å². The Morgan fingerprint density at radius 3 is 2.78 bits per heavy atom. The van der Waals surface area contributed by atoms with E-state index in [1.165, 1.54) is 0 Å². The number of nitrogens with one attached hydrogen (secondary N) is 1. The molecule has 18 heavy (non-hydrogen) atoms. The van der Waals surface area contributed by atoms with Gasteiger partial charge >= 0.3 is 0 Å². The van der Waals surface area contributed by atoms with Crippen LogP contribution in [0.4, 0.5) is 5.69 Å². The SMILES string of the molecule is COc1cccc(-c2cccc(NC(N)=S)c2)n1. The predicted octanol–water partition coefficient (Wildman–Crippen LogP) is 2.41. The van der Waals surface area contributed by atoms with Crippen LogP contribution in [-0.4, -0.2) is 17.2 Å². The van der Waals surface area contributed by atoms with Gasteiger partial charge in [0.15, 0.2) is 5.11 Å². The number of methoxy groups -OCH3 is 1. The number of thiocarbonyl (C=S) groups is 1. The van der Waals surface area contributed by atoms with Crippen LogP contribution >= 0.6 is 12.2 Å². The number of ether oxygens (including phenoxy) is 1. The average molecular weight is 259 g/mol. The molecule has 4 nitrogen and oxygen atoms in total. The molecule has 0 bridgehead atoms. The zero-order valence-corrected chi connectivity index (χ0v) is 10.7. The predicted molar refractivity (Wildman–Crippen MR) is 76.6 cm³/mol. The quantitative estimate of drug-likeness (QED) is 0.829. The molecule has 0 saturated heterocycles. The van der Waals surface area contributed by atoms with Gasteiger partial charge in [-0.15, -0.1) is 0 Å². The molecule has 0 aliphatic heterocycles. The van der Waals surface area contributed by atoms with Crippen molar-refractivity contribution in [3.8, 4) is 17.1 Å². The van der Waals surface area contributed by atoms with E-state index < -0.39 is 0 Å². The van der Waals surface area contributed by atoms with Crippen LogP contribution in [0, 0.1) is 0 Å². The molecule has 0 spiro atoms. The second-order valence-electron chi connectivity index (χ2n) is 3.64. The second-order valence-corrected chi connectivity index (χ2v) is 4.08. The Bertz CT molecular complexity index is 572. The molecule has 0 radical (unpaired) electrons. The molecule has 1 heterocycles. The Morgan fingerprint density at radius 1 is 1.28 bits per heavy atom. The summed E-state index contributed by atoms with van der Waals surface area (Å²) in [5.74, 6) is 0.584. The molecule has 0 fully saturated rings. The maximum absolute atomic E-state index is 5.44. The van der Waals surface area contributed by atoms with Crippen LogP contribution in [0.25, 0.3) is 11.3 Å². The van der Waals surface area contributed by atoms with Gasteiger partial charge in [0.25, 0.3) is 0 Å². The lowest BCUT2D eigenvalue weighted by molar-refractivity contribution is 0.398. The van der Waals surface area contributed by atoms with Crippen LogP contribution in [0.5, 0.6) is 5.88 Å². The Kier molecular flexibility index (Phi) is 3.74. The number of anilines is 1. The molecule has 0 saturated carbocycles. The van der Waals surface area contributed by atoms with Crippen molar-refractivity contribution in [2.24, 2.45) is 5.73 Å². The molecule has 0 aliphatic carbocycles. The minimum Gasteiger partial charge on any atom is -0.481 e. The third-order valence-corrected chi connectivity index (χ3v) is 2.46. The molecule has 0 aliphatic rings. The summed E-state index contributed by atoms with van der Waals surface area (Å²) in [6, 6.07) is 13.3. The van der Waals surface area contributed by atoms with Crippen molar-refractivity contribution in [2.75, 3.05) is 12.4 Å².